The van der Waals surface area contributed by atoms with Gasteiger partial charge in [-0.15, -0.1) is 10.2 Å². The van der Waals surface area contributed by atoms with Crippen LogP contribution in [0, 0.1) is 73.6 Å². The second-order valence-electron chi connectivity index (χ2n) is 30.1. The molecule has 2 aromatic heterocycles. The summed E-state index contributed by atoms with van der Waals surface area (Å²) in [5.74, 6) is 2.06. The van der Waals surface area contributed by atoms with Gasteiger partial charge in [0.2, 0.25) is 15.7 Å². The first-order valence-corrected chi connectivity index (χ1v) is 40.6. The third-order valence-electron chi connectivity index (χ3n) is 17.2. The number of Topliss-reactive ketones (excluding diaryl/α,β-unsaturated/α-hetero) is 2. The van der Waals surface area contributed by atoms with Crippen molar-refractivity contribution < 1.29 is 56.5 Å². The first-order valence-electron chi connectivity index (χ1n) is 37.4. The van der Waals surface area contributed by atoms with Crippen LogP contribution in [0.1, 0.15) is 244 Å². The van der Waals surface area contributed by atoms with Crippen molar-refractivity contribution in [2.75, 3.05) is 43.9 Å². The van der Waals surface area contributed by atoms with Crippen LogP contribution in [0.2, 0.25) is 10.0 Å². The first kappa shape index (κ1) is 95.7. The number of thioether (sulfide) groups is 1. The number of ether oxygens (including phenoxy) is 1. The fraction of sp³-hybridized carbons (Fsp3) is 0.562. The van der Waals surface area contributed by atoms with E-state index in [-0.39, 0.29) is 84.6 Å². The number of aromatic nitrogens is 5. The number of carbonyl (C=O) groups excluding carboxylic acids is 4. The number of allylic oxidation sites excluding steroid dienone is 2. The van der Waals surface area contributed by atoms with Gasteiger partial charge in [-0.25, -0.2) is 23.0 Å². The van der Waals surface area contributed by atoms with Crippen molar-refractivity contribution in [2.45, 2.75) is 257 Å². The Morgan fingerprint density at radius 2 is 1.34 bits per heavy atom. The summed E-state index contributed by atoms with van der Waals surface area (Å²) < 4.78 is 38.6. The molecule has 2 heterocycles. The van der Waals surface area contributed by atoms with E-state index in [2.05, 4.69) is 53.3 Å². The summed E-state index contributed by atoms with van der Waals surface area (Å²) in [6, 6.07) is 11.1. The van der Waals surface area contributed by atoms with Gasteiger partial charge in [0.15, 0.2) is 17.3 Å². The Bertz CT molecular complexity index is 4380. The summed E-state index contributed by atoms with van der Waals surface area (Å²) >= 11 is 13.7. The van der Waals surface area contributed by atoms with Gasteiger partial charge in [-0.05, 0) is 176 Å². The van der Waals surface area contributed by atoms with Gasteiger partial charge in [-0.3, -0.25) is 34.6 Å². The number of ketones is 2. The molecule has 26 nitrogen and oxygen atoms in total. The normalized spacial score (nSPS) is 13.4. The van der Waals surface area contributed by atoms with E-state index in [4.69, 9.17) is 37.2 Å². The number of nitro groups is 2. The van der Waals surface area contributed by atoms with Crippen LogP contribution >= 0.6 is 35.0 Å². The van der Waals surface area contributed by atoms with Crippen LogP contribution in [0.5, 0.6) is 5.75 Å². The van der Waals surface area contributed by atoms with Gasteiger partial charge in [-0.2, -0.15) is 9.36 Å². The van der Waals surface area contributed by atoms with Gasteiger partial charge in [-0.1, -0.05) is 161 Å². The minimum Gasteiger partial charge on any atom is -0.511 e. The van der Waals surface area contributed by atoms with Crippen LogP contribution in [-0.4, -0.2) is 137 Å². The van der Waals surface area contributed by atoms with Crippen LogP contribution < -0.4 is 15.8 Å². The SMILES string of the molecule is CC(C)Oc1cc(-n2nc(C(C)(C)C)oc2=O)c(Cl)cc1Cl.CCC(C)Nc1c([N+](=O)[O-])cc(C(C)(C)C)cc1[N+](=O)[O-].CCCC(=O)c1c(C)cc(C)c(C2CC(=O)C(/C(CC)=N/OCC)=C(O)C2)c1C.CCN(CC)C(=O)n1cnc(S(=O)(=O)c2c(C)cc(C)cc2C)n1.CCSC(=O)N(CC(C)C)CC(C)C. The highest BCUT2D eigenvalue weighted by molar-refractivity contribution is 8.13. The molecule has 6 aromatic rings. The predicted molar refractivity (Wildman–Crippen MR) is 439 cm³/mol. The number of nitrogens with one attached hydrogen (secondary N) is 1. The Labute approximate surface area is 664 Å². The third-order valence-corrected chi connectivity index (χ3v) is 20.5. The number of rotatable bonds is 25. The van der Waals surface area contributed by atoms with E-state index in [0.717, 1.165) is 74.3 Å². The number of oxime groups is 1. The molecule has 0 fully saturated rings. The molecule has 110 heavy (non-hydrogen) atoms. The molecular formula is C80H117Cl2N11O15S2. The number of halogens is 2. The van der Waals surface area contributed by atoms with E-state index >= 15 is 0 Å². The average Bonchev–Trinajstić information content (AvgIpc) is 1.10. The zero-order valence-electron chi connectivity index (χ0n) is 69.2. The Morgan fingerprint density at radius 1 is 0.773 bits per heavy atom. The molecule has 2 N–H and O–H groups in total. The summed E-state index contributed by atoms with van der Waals surface area (Å²) in [5.41, 5.74) is 7.39. The first-order chi connectivity index (χ1) is 51.1. The lowest BCUT2D eigenvalue weighted by Gasteiger charge is -2.28. The quantitative estimate of drug-likeness (QED) is 0.0233. The molecule has 2 amide bonds. The van der Waals surface area contributed by atoms with E-state index in [0.29, 0.717) is 108 Å². The summed E-state index contributed by atoms with van der Waals surface area (Å²) in [7, 11) is -3.88. The highest BCUT2D eigenvalue weighted by Crippen LogP contribution is 2.42. The van der Waals surface area contributed by atoms with E-state index < -0.39 is 36.9 Å². The fourth-order valence-electron chi connectivity index (χ4n) is 12.2. The lowest BCUT2D eigenvalue weighted by molar-refractivity contribution is -0.392. The van der Waals surface area contributed by atoms with Crippen molar-refractivity contribution in [2.24, 2.45) is 17.0 Å². The maximum absolute atomic E-state index is 12.9. The number of amides is 2. The van der Waals surface area contributed by atoms with E-state index in [9.17, 15) is 57.7 Å². The number of aryl methyl sites for hydroxylation is 5. The van der Waals surface area contributed by atoms with Gasteiger partial charge >= 0.3 is 11.8 Å². The minimum absolute atomic E-state index is 0.0210. The van der Waals surface area contributed by atoms with Gasteiger partial charge in [0.05, 0.1) is 47.9 Å². The number of hydrogen-bond acceptors (Lipinski definition) is 21. The maximum atomic E-state index is 12.9. The van der Waals surface area contributed by atoms with E-state index in [1.807, 2.05) is 149 Å². The molecule has 1 aliphatic carbocycles. The molecule has 0 bridgehead atoms. The van der Waals surface area contributed by atoms with Crippen molar-refractivity contribution in [3.05, 3.63) is 157 Å². The summed E-state index contributed by atoms with van der Waals surface area (Å²) in [6.45, 7) is 53.3. The zero-order chi connectivity index (χ0) is 83.9. The number of anilines is 1. The summed E-state index contributed by atoms with van der Waals surface area (Å²) in [4.78, 5) is 95.7. The van der Waals surface area contributed by atoms with Gasteiger partial charge in [0.25, 0.3) is 21.8 Å². The van der Waals surface area contributed by atoms with E-state index in [1.165, 1.54) is 34.9 Å². The molecule has 0 saturated heterocycles. The number of carbonyl (C=O) groups is 4. The number of nitro benzene ring substituents is 2. The molecule has 0 saturated carbocycles. The monoisotopic (exact) mass is 1610 g/mol. The second kappa shape index (κ2) is 42.8. The molecule has 2 atom stereocenters. The smallest absolute Gasteiger partial charge is 0.442 e. The molecule has 0 spiro atoms. The third kappa shape index (κ3) is 26.6. The molecule has 2 unspecified atom stereocenters. The second-order valence-corrected chi connectivity index (χ2v) is 34.0. The largest absolute Gasteiger partial charge is 0.511 e. The average molecular weight is 1610 g/mol. The topological polar surface area (TPSA) is 337 Å². The van der Waals surface area contributed by atoms with Crippen molar-refractivity contribution in [1.82, 2.24) is 34.3 Å². The highest BCUT2D eigenvalue weighted by atomic mass is 35.5. The van der Waals surface area contributed by atoms with Crippen molar-refractivity contribution in [1.29, 1.82) is 0 Å². The van der Waals surface area contributed by atoms with Gasteiger partial charge < -0.3 is 34.2 Å². The standard InChI is InChI=1S/C24H33NO4.C16H22N4O3S.C15H18Cl2N2O3.C14H21N3O4.C11H23NOS/c1-7-10-19(26)23-15(5)11-14(4)22(16(23)6)17-12-20(27)24(21(28)13-17)18(8-2)25-29-9-3;1-6-19(7-2)16(21)20-10-17-15(18-20)24(22,23)14-12(4)8-11(3)9-13(14)5;1-8(2)21-12-7-11(9(16)6-10(12)17)19-14(20)22-13(18-19)15(3,4)5;1-6-9(2)15-13-11(16(18)19)7-10(14(3,4)5)8-12(13)17(20)21;1-6-14-11(13)12(7-9(2)3)8-10(4)5/h11,17,27H,7-10,12-13H2,1-6H3;8-10H,6-7H2,1-5H3;6-8H,1-5H3;7-9,15H,6H2,1-5H3;9-10H,6-8H2,1-5H3/b25-18+;;;;. The fourth-order valence-corrected chi connectivity index (χ4v) is 14.8. The maximum Gasteiger partial charge on any atom is 0.442 e. The van der Waals surface area contributed by atoms with Crippen LogP contribution in [0.15, 0.2) is 84.5 Å². The Morgan fingerprint density at radius 3 is 1.78 bits per heavy atom. The summed E-state index contributed by atoms with van der Waals surface area (Å²) in [6.07, 6.45) is 4.25. The Balaban J connectivity index is 0.000000362. The van der Waals surface area contributed by atoms with E-state index in [1.54, 1.807) is 32.0 Å². The van der Waals surface area contributed by atoms with Crippen molar-refractivity contribution in [3.63, 3.8) is 0 Å². The van der Waals surface area contributed by atoms with Gasteiger partial charge in [0.1, 0.15) is 24.4 Å². The molecule has 7 rings (SSSR count). The lowest BCUT2D eigenvalue weighted by atomic mass is 9.76. The molecule has 0 radical (unpaired) electrons. The predicted octanol–water partition coefficient (Wildman–Crippen LogP) is 19.7. The minimum atomic E-state index is -3.88. The number of aliphatic hydroxyl groups is 1. The van der Waals surface area contributed by atoms with Crippen LogP contribution in [0.25, 0.3) is 5.69 Å². The molecule has 1 aliphatic rings. The van der Waals surface area contributed by atoms with Crippen LogP contribution in [0.3, 0.4) is 0 Å². The van der Waals surface area contributed by atoms with Gasteiger partial charge in [0, 0.05) is 80.7 Å². The number of aliphatic hydroxyl groups excluding tert-OH is 1. The lowest BCUT2D eigenvalue weighted by Crippen LogP contribution is -2.34. The number of nitrogens with zero attached hydrogens (tertiary/aromatic N) is 10. The summed E-state index contributed by atoms with van der Waals surface area (Å²) in [5, 5.41) is 48.9. The molecular weight excluding hydrogens is 1490 g/mol. The number of hydrogen-bond donors (Lipinski definition) is 2. The number of benzene rings is 4. The van der Waals surface area contributed by atoms with Crippen molar-refractivity contribution in [3.8, 4) is 11.4 Å². The highest BCUT2D eigenvalue weighted by Gasteiger charge is 2.36. The number of sulfone groups is 1. The van der Waals surface area contributed by atoms with Crippen LogP contribution in [0.4, 0.5) is 26.7 Å². The van der Waals surface area contributed by atoms with Crippen molar-refractivity contribution >= 4 is 90.4 Å². The Hall–Kier alpha value is -8.47. The molecule has 608 valence electrons. The molecule has 0 aliphatic heterocycles. The molecule has 30 heteroatoms. The Kier molecular flexibility index (Phi) is 37.3. The molecule has 4 aromatic carbocycles. The zero-order valence-corrected chi connectivity index (χ0v) is 72.3. The van der Waals surface area contributed by atoms with Crippen LogP contribution in [-0.2, 0) is 30.3 Å².